The number of hydrogen-bond acceptors (Lipinski definition) is 3. The van der Waals surface area contributed by atoms with Crippen molar-refractivity contribution in [1.29, 1.82) is 0 Å². The van der Waals surface area contributed by atoms with Crippen LogP contribution >= 0.6 is 0 Å². The Morgan fingerprint density at radius 1 is 1.23 bits per heavy atom. The Morgan fingerprint density at radius 3 is 2.55 bits per heavy atom. The molecule has 0 unspecified atom stereocenters. The molecule has 1 saturated heterocycles. The molecule has 0 spiro atoms. The van der Waals surface area contributed by atoms with Gasteiger partial charge in [-0.15, -0.1) is 0 Å². The molecule has 0 saturated carbocycles. The molecule has 1 fully saturated rings. The molecule has 0 radical (unpaired) electrons. The second-order valence-electron chi connectivity index (χ2n) is 7.54. The van der Waals surface area contributed by atoms with E-state index in [1.54, 1.807) is 6.07 Å². The van der Waals surface area contributed by atoms with E-state index in [0.29, 0.717) is 24.6 Å². The van der Waals surface area contributed by atoms with Gasteiger partial charge in [-0.25, -0.2) is 4.99 Å². The largest absolute Gasteiger partial charge is 0.416 e. The van der Waals surface area contributed by atoms with Crippen LogP contribution in [0.3, 0.4) is 0 Å². The molecule has 1 aliphatic heterocycles. The van der Waals surface area contributed by atoms with E-state index in [4.69, 9.17) is 0 Å². The lowest BCUT2D eigenvalue weighted by molar-refractivity contribution is -0.137. The number of aliphatic imine (C=N–C) groups is 1. The summed E-state index contributed by atoms with van der Waals surface area (Å²) >= 11 is 0. The highest BCUT2D eigenvalue weighted by Gasteiger charge is 2.30. The smallest absolute Gasteiger partial charge is 0.356 e. The Morgan fingerprint density at radius 2 is 1.94 bits per heavy atom. The molecule has 0 bridgehead atoms. The van der Waals surface area contributed by atoms with Gasteiger partial charge in [0.25, 0.3) is 0 Å². The van der Waals surface area contributed by atoms with Gasteiger partial charge in [0.1, 0.15) is 6.54 Å². The highest BCUT2D eigenvalue weighted by Crippen LogP contribution is 2.29. The Hall–Kier alpha value is -2.73. The number of amides is 1. The fourth-order valence-corrected chi connectivity index (χ4v) is 3.14. The lowest BCUT2D eigenvalue weighted by Crippen LogP contribution is -2.54. The normalized spacial score (nSPS) is 15.5. The van der Waals surface area contributed by atoms with Gasteiger partial charge in [-0.2, -0.15) is 13.2 Å². The summed E-state index contributed by atoms with van der Waals surface area (Å²) in [5, 5.41) is 6.12. The van der Waals surface area contributed by atoms with E-state index >= 15 is 0 Å². The molecule has 6 nitrogen and oxygen atoms in total. The first-order valence-electron chi connectivity index (χ1n) is 10.4. The van der Waals surface area contributed by atoms with E-state index < -0.39 is 11.7 Å². The van der Waals surface area contributed by atoms with Gasteiger partial charge in [-0.1, -0.05) is 17.9 Å². The lowest BCUT2D eigenvalue weighted by atomic mass is 10.1. The number of nitrogens with one attached hydrogen (secondary N) is 2. The van der Waals surface area contributed by atoms with Crippen LogP contribution in [0.2, 0.25) is 0 Å². The number of halogens is 3. The molecular weight excluding hydrogens is 407 g/mol. The predicted octanol–water partition coefficient (Wildman–Crippen LogP) is 2.16. The number of nitrogens with zero attached hydrogens (tertiary/aromatic N) is 3. The van der Waals surface area contributed by atoms with Crippen LogP contribution in [0.5, 0.6) is 0 Å². The number of benzene rings is 1. The summed E-state index contributed by atoms with van der Waals surface area (Å²) in [6.45, 7) is 10.0. The molecule has 1 amide bonds. The third-order valence-electron chi connectivity index (χ3n) is 4.55. The van der Waals surface area contributed by atoms with Crippen molar-refractivity contribution in [2.45, 2.75) is 33.0 Å². The number of alkyl halides is 3. The van der Waals surface area contributed by atoms with Crippen molar-refractivity contribution in [3.63, 3.8) is 0 Å². The summed E-state index contributed by atoms with van der Waals surface area (Å²) in [6, 6.07) is 5.08. The van der Waals surface area contributed by atoms with E-state index in [1.807, 2.05) is 20.8 Å². The van der Waals surface area contributed by atoms with Gasteiger partial charge >= 0.3 is 6.18 Å². The van der Waals surface area contributed by atoms with E-state index in [1.165, 1.54) is 6.07 Å². The molecular formula is C22H30F3N5O. The van der Waals surface area contributed by atoms with Gasteiger partial charge in [-0.05, 0) is 39.0 Å². The summed E-state index contributed by atoms with van der Waals surface area (Å²) in [5.41, 5.74) is -0.403. The molecule has 0 aliphatic carbocycles. The highest BCUT2D eigenvalue weighted by atomic mass is 19.4. The van der Waals surface area contributed by atoms with Crippen molar-refractivity contribution >= 4 is 11.9 Å². The van der Waals surface area contributed by atoms with Gasteiger partial charge in [-0.3, -0.25) is 9.69 Å². The summed E-state index contributed by atoms with van der Waals surface area (Å²) in [4.78, 5) is 20.6. The number of piperazine rings is 1. The van der Waals surface area contributed by atoms with E-state index in [9.17, 15) is 18.0 Å². The summed E-state index contributed by atoms with van der Waals surface area (Å²) < 4.78 is 38.4. The standard InChI is InChI=1S/C22H30F3N5O/c1-4-26-21(30-13-11-29(12-14-30)16-20(31)28-17(2)3)27-10-6-8-18-7-5-9-19(15-18)22(23,24)25/h5,7,9,15,17H,4,10-14,16H2,1-3H3,(H,26,27)(H,28,31). The Kier molecular flexibility index (Phi) is 9.19. The molecule has 1 aromatic rings. The van der Waals surface area contributed by atoms with Crippen molar-refractivity contribution in [3.8, 4) is 11.8 Å². The molecule has 0 atom stereocenters. The number of carbonyl (C=O) groups is 1. The molecule has 1 aliphatic rings. The van der Waals surface area contributed by atoms with Gasteiger partial charge in [0.15, 0.2) is 5.96 Å². The van der Waals surface area contributed by atoms with Gasteiger partial charge in [0, 0.05) is 44.3 Å². The van der Waals surface area contributed by atoms with Gasteiger partial charge in [0.2, 0.25) is 5.91 Å². The topological polar surface area (TPSA) is 60.0 Å². The van der Waals surface area contributed by atoms with Crippen LogP contribution in [0.15, 0.2) is 29.3 Å². The van der Waals surface area contributed by atoms with Gasteiger partial charge in [0.05, 0.1) is 12.1 Å². The van der Waals surface area contributed by atoms with Crippen molar-refractivity contribution < 1.29 is 18.0 Å². The molecule has 0 aromatic heterocycles. The maximum absolute atomic E-state index is 12.8. The maximum Gasteiger partial charge on any atom is 0.416 e. The maximum atomic E-state index is 12.8. The van der Waals surface area contributed by atoms with Crippen LogP contribution < -0.4 is 10.6 Å². The molecule has 9 heteroatoms. The summed E-state index contributed by atoms with van der Waals surface area (Å²) in [6.07, 6.45) is -4.38. The van der Waals surface area contributed by atoms with Crippen LogP contribution in [0.4, 0.5) is 13.2 Å². The van der Waals surface area contributed by atoms with Crippen LogP contribution in [0.25, 0.3) is 0 Å². The second kappa shape index (κ2) is 11.6. The third-order valence-corrected chi connectivity index (χ3v) is 4.55. The SMILES string of the molecule is CCNC(=NCC#Cc1cccc(C(F)(F)F)c1)N1CCN(CC(=O)NC(C)C)CC1. The third kappa shape index (κ3) is 8.50. The van der Waals surface area contributed by atoms with Crippen LogP contribution in [-0.4, -0.2) is 73.5 Å². The zero-order chi connectivity index (χ0) is 22.9. The first-order valence-corrected chi connectivity index (χ1v) is 10.4. The average Bonchev–Trinajstić information content (AvgIpc) is 2.70. The zero-order valence-corrected chi connectivity index (χ0v) is 18.2. The minimum Gasteiger partial charge on any atom is -0.356 e. The molecule has 1 heterocycles. The molecule has 170 valence electrons. The minimum absolute atomic E-state index is 0.0221. The first kappa shape index (κ1) is 24.5. The number of carbonyl (C=O) groups excluding carboxylic acids is 1. The van der Waals surface area contributed by atoms with Crippen LogP contribution in [0.1, 0.15) is 31.9 Å². The molecule has 2 rings (SSSR count). The van der Waals surface area contributed by atoms with Crippen LogP contribution in [-0.2, 0) is 11.0 Å². The zero-order valence-electron chi connectivity index (χ0n) is 18.2. The van der Waals surface area contributed by atoms with E-state index in [2.05, 4.69) is 37.3 Å². The number of hydrogen-bond donors (Lipinski definition) is 2. The first-order chi connectivity index (χ1) is 14.7. The van der Waals surface area contributed by atoms with Crippen molar-refractivity contribution in [2.75, 3.05) is 45.8 Å². The average molecular weight is 438 g/mol. The van der Waals surface area contributed by atoms with Gasteiger partial charge < -0.3 is 15.5 Å². The number of rotatable bonds is 5. The lowest BCUT2D eigenvalue weighted by Gasteiger charge is -2.36. The Labute approximate surface area is 181 Å². The molecule has 2 N–H and O–H groups in total. The van der Waals surface area contributed by atoms with Crippen molar-refractivity contribution in [1.82, 2.24) is 20.4 Å². The van der Waals surface area contributed by atoms with Crippen molar-refractivity contribution in [2.24, 2.45) is 4.99 Å². The van der Waals surface area contributed by atoms with E-state index in [-0.39, 0.29) is 18.5 Å². The highest BCUT2D eigenvalue weighted by molar-refractivity contribution is 5.80. The van der Waals surface area contributed by atoms with Crippen LogP contribution in [0, 0.1) is 11.8 Å². The second-order valence-corrected chi connectivity index (χ2v) is 7.54. The number of guanidine groups is 1. The predicted molar refractivity (Wildman–Crippen MR) is 116 cm³/mol. The van der Waals surface area contributed by atoms with Crippen molar-refractivity contribution in [3.05, 3.63) is 35.4 Å². The fraction of sp³-hybridized carbons (Fsp3) is 0.545. The summed E-state index contributed by atoms with van der Waals surface area (Å²) in [5.74, 6) is 6.31. The molecule has 1 aromatic carbocycles. The summed E-state index contributed by atoms with van der Waals surface area (Å²) in [7, 11) is 0. The van der Waals surface area contributed by atoms with E-state index in [0.717, 1.165) is 38.3 Å². The Balaban J connectivity index is 1.92. The monoisotopic (exact) mass is 437 g/mol. The quantitative estimate of drug-likeness (QED) is 0.421. The minimum atomic E-state index is -4.38. The fourth-order valence-electron chi connectivity index (χ4n) is 3.14. The Bertz CT molecular complexity index is 818. The molecule has 31 heavy (non-hydrogen) atoms.